The van der Waals surface area contributed by atoms with Crippen LogP contribution in [0.2, 0.25) is 0 Å². The number of rotatable bonds is 2. The molecule has 1 amide bonds. The Labute approximate surface area is 132 Å². The lowest BCUT2D eigenvalue weighted by molar-refractivity contribution is -0.149. The van der Waals surface area contributed by atoms with Crippen LogP contribution in [0.1, 0.15) is 35.6 Å². The van der Waals surface area contributed by atoms with E-state index in [0.29, 0.717) is 18.7 Å². The molecule has 1 saturated carbocycles. The zero-order valence-corrected chi connectivity index (χ0v) is 12.8. The number of hydrogen-bond donors (Lipinski definition) is 1. The van der Waals surface area contributed by atoms with Crippen LogP contribution in [0.3, 0.4) is 0 Å². The third-order valence-electron chi connectivity index (χ3n) is 5.21. The highest BCUT2D eigenvalue weighted by atomic mass is 16.4. The van der Waals surface area contributed by atoms with Crippen LogP contribution in [0.5, 0.6) is 0 Å². The minimum atomic E-state index is -0.796. The molecule has 0 spiro atoms. The summed E-state index contributed by atoms with van der Waals surface area (Å²) >= 11 is 0. The number of carboxylic acid groups (broad SMARTS) is 1. The molecule has 2 aromatic heterocycles. The summed E-state index contributed by atoms with van der Waals surface area (Å²) in [4.78, 5) is 34.3. The average molecular weight is 315 g/mol. The van der Waals surface area contributed by atoms with Crippen LogP contribution in [0.4, 0.5) is 0 Å². The summed E-state index contributed by atoms with van der Waals surface area (Å²) in [6.45, 7) is 2.57. The van der Waals surface area contributed by atoms with E-state index in [4.69, 9.17) is 0 Å². The summed E-state index contributed by atoms with van der Waals surface area (Å²) in [5.74, 6) is -0.630. The van der Waals surface area contributed by atoms with Crippen LogP contribution in [0.15, 0.2) is 12.3 Å². The standard InChI is InChI=1S/C15H17N5O3/c1-9-4-6-16-14-17-11(18-20(9)14)12(21)19-7-10-3-2-5-15(10,8-19)13(22)23/h4,6,10H,2-3,5,7-8H2,1H3,(H,22,23)/t10-,15+/m0/s1. The molecule has 23 heavy (non-hydrogen) atoms. The molecular weight excluding hydrogens is 298 g/mol. The number of carboxylic acids is 1. The van der Waals surface area contributed by atoms with Crippen LogP contribution < -0.4 is 0 Å². The van der Waals surface area contributed by atoms with Crippen molar-refractivity contribution >= 4 is 17.7 Å². The number of carbonyl (C=O) groups is 2. The SMILES string of the molecule is Cc1ccnc2nc(C(=O)N3C[C@@H]4CCC[C@@]4(C(=O)O)C3)nn12. The minimum Gasteiger partial charge on any atom is -0.481 e. The highest BCUT2D eigenvalue weighted by Gasteiger charge is 2.56. The van der Waals surface area contributed by atoms with Crippen LogP contribution in [0.25, 0.3) is 5.78 Å². The van der Waals surface area contributed by atoms with E-state index >= 15 is 0 Å². The first-order valence-electron chi connectivity index (χ1n) is 7.72. The lowest BCUT2D eigenvalue weighted by Crippen LogP contribution is -2.37. The molecule has 2 aromatic rings. The lowest BCUT2D eigenvalue weighted by Gasteiger charge is -2.22. The van der Waals surface area contributed by atoms with Gasteiger partial charge in [-0.1, -0.05) is 6.42 Å². The predicted molar refractivity (Wildman–Crippen MR) is 78.8 cm³/mol. The van der Waals surface area contributed by atoms with Gasteiger partial charge in [-0.3, -0.25) is 9.59 Å². The second-order valence-corrected chi connectivity index (χ2v) is 6.47. The smallest absolute Gasteiger partial charge is 0.311 e. The molecule has 2 fully saturated rings. The van der Waals surface area contributed by atoms with Crippen LogP contribution in [-0.2, 0) is 4.79 Å². The topological polar surface area (TPSA) is 101 Å². The number of fused-ring (bicyclic) bond motifs is 2. The minimum absolute atomic E-state index is 0.0286. The number of aromatic nitrogens is 4. The second kappa shape index (κ2) is 4.74. The van der Waals surface area contributed by atoms with Gasteiger partial charge in [-0.05, 0) is 31.7 Å². The molecule has 120 valence electrons. The van der Waals surface area contributed by atoms with E-state index in [1.807, 2.05) is 6.92 Å². The molecule has 1 aliphatic carbocycles. The molecule has 2 aliphatic rings. The number of carbonyl (C=O) groups excluding carboxylic acids is 1. The van der Waals surface area contributed by atoms with Gasteiger partial charge in [0.2, 0.25) is 5.82 Å². The average Bonchev–Trinajstić information content (AvgIpc) is 3.18. The van der Waals surface area contributed by atoms with Gasteiger partial charge in [0.05, 0.1) is 5.41 Å². The Morgan fingerprint density at radius 3 is 2.96 bits per heavy atom. The zero-order valence-electron chi connectivity index (χ0n) is 12.8. The Bertz CT molecular complexity index is 817. The van der Waals surface area contributed by atoms with Gasteiger partial charge in [-0.25, -0.2) is 9.50 Å². The molecule has 0 unspecified atom stereocenters. The molecule has 0 aromatic carbocycles. The molecule has 2 atom stereocenters. The van der Waals surface area contributed by atoms with Gasteiger partial charge in [-0.15, -0.1) is 5.10 Å². The maximum atomic E-state index is 12.7. The number of aliphatic carboxylic acids is 1. The fraction of sp³-hybridized carbons (Fsp3) is 0.533. The van der Waals surface area contributed by atoms with Crippen LogP contribution >= 0.6 is 0 Å². The number of aryl methyl sites for hydroxylation is 1. The van der Waals surface area contributed by atoms with Crippen LogP contribution in [-0.4, -0.2) is 54.6 Å². The van der Waals surface area contributed by atoms with Crippen molar-refractivity contribution in [3.05, 3.63) is 23.8 Å². The summed E-state index contributed by atoms with van der Waals surface area (Å²) < 4.78 is 1.52. The van der Waals surface area contributed by atoms with E-state index in [-0.39, 0.29) is 24.2 Å². The molecule has 1 saturated heterocycles. The quantitative estimate of drug-likeness (QED) is 0.878. The van der Waals surface area contributed by atoms with Crippen molar-refractivity contribution in [3.63, 3.8) is 0 Å². The maximum absolute atomic E-state index is 12.7. The van der Waals surface area contributed by atoms with E-state index in [0.717, 1.165) is 18.5 Å². The predicted octanol–water partition coefficient (Wildman–Crippen LogP) is 0.760. The molecule has 0 bridgehead atoms. The van der Waals surface area contributed by atoms with Crippen molar-refractivity contribution in [2.45, 2.75) is 26.2 Å². The van der Waals surface area contributed by atoms with Gasteiger partial charge in [0.25, 0.3) is 11.7 Å². The van der Waals surface area contributed by atoms with Gasteiger partial charge in [-0.2, -0.15) is 4.98 Å². The summed E-state index contributed by atoms with van der Waals surface area (Å²) in [5, 5.41) is 13.8. The van der Waals surface area contributed by atoms with E-state index in [2.05, 4.69) is 15.1 Å². The molecule has 4 rings (SSSR count). The first-order valence-corrected chi connectivity index (χ1v) is 7.72. The normalized spacial score (nSPS) is 26.7. The van der Waals surface area contributed by atoms with Crippen molar-refractivity contribution in [1.82, 2.24) is 24.5 Å². The summed E-state index contributed by atoms with van der Waals surface area (Å²) in [7, 11) is 0. The maximum Gasteiger partial charge on any atom is 0.311 e. The molecule has 8 nitrogen and oxygen atoms in total. The molecule has 1 N–H and O–H groups in total. The highest BCUT2D eigenvalue weighted by Crippen LogP contribution is 2.49. The van der Waals surface area contributed by atoms with Crippen molar-refractivity contribution in [1.29, 1.82) is 0 Å². The second-order valence-electron chi connectivity index (χ2n) is 6.47. The largest absolute Gasteiger partial charge is 0.481 e. The molecular formula is C15H17N5O3. The van der Waals surface area contributed by atoms with Crippen molar-refractivity contribution < 1.29 is 14.7 Å². The number of likely N-dealkylation sites (tertiary alicyclic amines) is 1. The summed E-state index contributed by atoms with van der Waals surface area (Å²) in [6, 6.07) is 1.79. The Morgan fingerprint density at radius 2 is 2.26 bits per heavy atom. The first-order chi connectivity index (χ1) is 11.0. The van der Waals surface area contributed by atoms with Crippen molar-refractivity contribution in [2.75, 3.05) is 13.1 Å². The molecule has 3 heterocycles. The third-order valence-corrected chi connectivity index (χ3v) is 5.21. The van der Waals surface area contributed by atoms with Gasteiger partial charge in [0.1, 0.15) is 0 Å². The lowest BCUT2D eigenvalue weighted by atomic mass is 9.81. The number of hydrogen-bond acceptors (Lipinski definition) is 5. The zero-order chi connectivity index (χ0) is 16.2. The van der Waals surface area contributed by atoms with Gasteiger partial charge >= 0.3 is 5.97 Å². The molecule has 8 heteroatoms. The Balaban J connectivity index is 1.65. The summed E-state index contributed by atoms with van der Waals surface area (Å²) in [6.07, 6.45) is 4.02. The Kier molecular flexibility index (Phi) is 2.91. The van der Waals surface area contributed by atoms with E-state index in [1.54, 1.807) is 17.2 Å². The molecule has 0 radical (unpaired) electrons. The van der Waals surface area contributed by atoms with Gasteiger partial charge in [0, 0.05) is 25.0 Å². The Hall–Kier alpha value is -2.51. The van der Waals surface area contributed by atoms with E-state index < -0.39 is 11.4 Å². The summed E-state index contributed by atoms with van der Waals surface area (Å²) in [5.41, 5.74) is 0.0463. The number of amides is 1. The van der Waals surface area contributed by atoms with E-state index in [9.17, 15) is 14.7 Å². The Morgan fingerprint density at radius 1 is 1.43 bits per heavy atom. The third kappa shape index (κ3) is 1.94. The van der Waals surface area contributed by atoms with Crippen LogP contribution in [0, 0.1) is 18.3 Å². The fourth-order valence-corrected chi connectivity index (χ4v) is 3.93. The van der Waals surface area contributed by atoms with Crippen molar-refractivity contribution in [2.24, 2.45) is 11.3 Å². The van der Waals surface area contributed by atoms with Crippen molar-refractivity contribution in [3.8, 4) is 0 Å². The van der Waals surface area contributed by atoms with Gasteiger partial charge in [0.15, 0.2) is 0 Å². The molecule has 1 aliphatic heterocycles. The fourth-order valence-electron chi connectivity index (χ4n) is 3.93. The van der Waals surface area contributed by atoms with E-state index in [1.165, 1.54) is 4.52 Å². The monoisotopic (exact) mass is 315 g/mol. The van der Waals surface area contributed by atoms with Gasteiger partial charge < -0.3 is 10.0 Å². The first kappa shape index (κ1) is 14.1. The number of nitrogens with zero attached hydrogens (tertiary/aromatic N) is 5. The highest BCUT2D eigenvalue weighted by molar-refractivity contribution is 5.92.